The Morgan fingerprint density at radius 1 is 1.38 bits per heavy atom. The maximum atomic E-state index is 12.4. The number of alkyl halides is 3. The van der Waals surface area contributed by atoms with Gasteiger partial charge >= 0.3 is 12.1 Å². The molecule has 0 aliphatic carbocycles. The van der Waals surface area contributed by atoms with E-state index in [-0.39, 0.29) is 11.7 Å². The molecule has 0 saturated heterocycles. The Hall–Kier alpha value is -2.16. The standard InChI is InChI=1S/C12H10F3N3O2S/c1-20-9(19)8-4-2-3-7(5-8)6-16-11-18-17-10(21-11)12(13,14)15/h2-5H,6H2,1H3,(H,16,18). The Morgan fingerprint density at radius 3 is 2.76 bits per heavy atom. The topological polar surface area (TPSA) is 64.1 Å². The van der Waals surface area contributed by atoms with Crippen LogP contribution in [0.25, 0.3) is 0 Å². The second-order valence-corrected chi connectivity index (χ2v) is 4.93. The molecule has 2 rings (SSSR count). The lowest BCUT2D eigenvalue weighted by Crippen LogP contribution is -2.04. The number of esters is 1. The van der Waals surface area contributed by atoms with Gasteiger partial charge in [0.1, 0.15) is 0 Å². The highest BCUT2D eigenvalue weighted by atomic mass is 32.1. The number of nitrogens with zero attached hydrogens (tertiary/aromatic N) is 2. The summed E-state index contributed by atoms with van der Waals surface area (Å²) in [6.45, 7) is 0.220. The minimum atomic E-state index is -4.50. The van der Waals surface area contributed by atoms with Crippen molar-refractivity contribution in [2.45, 2.75) is 12.7 Å². The number of rotatable bonds is 4. The van der Waals surface area contributed by atoms with Gasteiger partial charge in [0.25, 0.3) is 0 Å². The molecule has 1 aromatic carbocycles. The maximum Gasteiger partial charge on any atom is 0.445 e. The number of benzene rings is 1. The van der Waals surface area contributed by atoms with Crippen molar-refractivity contribution < 1.29 is 22.7 Å². The van der Waals surface area contributed by atoms with Crippen molar-refractivity contribution in [1.29, 1.82) is 0 Å². The maximum absolute atomic E-state index is 12.4. The molecule has 112 valence electrons. The van der Waals surface area contributed by atoms with E-state index in [1.165, 1.54) is 7.11 Å². The normalized spacial score (nSPS) is 11.2. The Morgan fingerprint density at radius 2 is 2.14 bits per heavy atom. The monoisotopic (exact) mass is 317 g/mol. The van der Waals surface area contributed by atoms with Crippen LogP contribution in [-0.4, -0.2) is 23.3 Å². The van der Waals surface area contributed by atoms with Crippen molar-refractivity contribution >= 4 is 22.4 Å². The van der Waals surface area contributed by atoms with Gasteiger partial charge in [0, 0.05) is 6.54 Å². The molecule has 0 amide bonds. The van der Waals surface area contributed by atoms with Gasteiger partial charge in [-0.15, -0.1) is 10.2 Å². The summed E-state index contributed by atoms with van der Waals surface area (Å²) in [5.74, 6) is -0.480. The number of carbonyl (C=O) groups is 1. The SMILES string of the molecule is COC(=O)c1cccc(CNc2nnc(C(F)(F)F)s2)c1. The Bertz CT molecular complexity index is 643. The molecular weight excluding hydrogens is 307 g/mol. The molecule has 0 fully saturated rings. The molecule has 0 spiro atoms. The first-order chi connectivity index (χ1) is 9.90. The lowest BCUT2D eigenvalue weighted by atomic mass is 10.1. The molecule has 0 aliphatic heterocycles. The van der Waals surface area contributed by atoms with Crippen LogP contribution in [0, 0.1) is 0 Å². The fourth-order valence-corrected chi connectivity index (χ4v) is 2.12. The fourth-order valence-electron chi connectivity index (χ4n) is 1.51. The highest BCUT2D eigenvalue weighted by molar-refractivity contribution is 7.15. The summed E-state index contributed by atoms with van der Waals surface area (Å²) in [5, 5.41) is 8.27. The van der Waals surface area contributed by atoms with E-state index in [2.05, 4.69) is 20.3 Å². The van der Waals surface area contributed by atoms with E-state index in [1.54, 1.807) is 24.3 Å². The Kier molecular flexibility index (Phi) is 4.41. The van der Waals surface area contributed by atoms with E-state index in [1.807, 2.05) is 0 Å². The van der Waals surface area contributed by atoms with E-state index in [0.29, 0.717) is 22.5 Å². The Balaban J connectivity index is 2.03. The predicted octanol–water partition coefficient (Wildman–Crippen LogP) is 2.96. The van der Waals surface area contributed by atoms with Crippen LogP contribution in [0.1, 0.15) is 20.9 Å². The van der Waals surface area contributed by atoms with Gasteiger partial charge in [-0.3, -0.25) is 0 Å². The van der Waals surface area contributed by atoms with E-state index in [0.717, 1.165) is 0 Å². The van der Waals surface area contributed by atoms with E-state index < -0.39 is 17.2 Å². The molecular formula is C12H10F3N3O2S. The lowest BCUT2D eigenvalue weighted by Gasteiger charge is -2.04. The van der Waals surface area contributed by atoms with Gasteiger partial charge in [0.15, 0.2) is 0 Å². The zero-order chi connectivity index (χ0) is 15.5. The van der Waals surface area contributed by atoms with Crippen LogP contribution in [0.4, 0.5) is 18.3 Å². The number of anilines is 1. The predicted molar refractivity (Wildman–Crippen MR) is 70.0 cm³/mol. The largest absolute Gasteiger partial charge is 0.465 e. The molecule has 21 heavy (non-hydrogen) atoms. The highest BCUT2D eigenvalue weighted by Crippen LogP contribution is 2.33. The van der Waals surface area contributed by atoms with Gasteiger partial charge in [-0.05, 0) is 17.7 Å². The van der Waals surface area contributed by atoms with Crippen molar-refractivity contribution in [3.63, 3.8) is 0 Å². The second-order valence-electron chi connectivity index (χ2n) is 3.96. The molecule has 0 unspecified atom stereocenters. The molecule has 5 nitrogen and oxygen atoms in total. The summed E-state index contributed by atoms with van der Waals surface area (Å²) in [4.78, 5) is 11.4. The van der Waals surface area contributed by atoms with Crippen LogP contribution in [-0.2, 0) is 17.5 Å². The summed E-state index contributed by atoms with van der Waals surface area (Å²) < 4.78 is 41.7. The number of nitrogens with one attached hydrogen (secondary N) is 1. The third-order valence-corrected chi connectivity index (χ3v) is 3.39. The van der Waals surface area contributed by atoms with Gasteiger partial charge in [0.2, 0.25) is 10.1 Å². The quantitative estimate of drug-likeness (QED) is 0.878. The minimum Gasteiger partial charge on any atom is -0.465 e. The third kappa shape index (κ3) is 3.91. The average Bonchev–Trinajstić information content (AvgIpc) is 2.93. The number of hydrogen-bond acceptors (Lipinski definition) is 6. The average molecular weight is 317 g/mol. The number of ether oxygens (including phenoxy) is 1. The molecule has 0 atom stereocenters. The highest BCUT2D eigenvalue weighted by Gasteiger charge is 2.35. The van der Waals surface area contributed by atoms with Gasteiger partial charge in [-0.1, -0.05) is 23.5 Å². The molecule has 9 heteroatoms. The summed E-state index contributed by atoms with van der Waals surface area (Å²) in [7, 11) is 1.27. The molecule has 0 bridgehead atoms. The third-order valence-electron chi connectivity index (χ3n) is 2.46. The first kappa shape index (κ1) is 15.2. The molecule has 1 aromatic heterocycles. The molecule has 2 aromatic rings. The van der Waals surface area contributed by atoms with Crippen LogP contribution in [0.15, 0.2) is 24.3 Å². The molecule has 0 saturated carbocycles. The number of halogens is 3. The fraction of sp³-hybridized carbons (Fsp3) is 0.250. The zero-order valence-electron chi connectivity index (χ0n) is 10.8. The Labute approximate surface area is 121 Å². The van der Waals surface area contributed by atoms with Gasteiger partial charge in [0.05, 0.1) is 12.7 Å². The van der Waals surface area contributed by atoms with E-state index in [9.17, 15) is 18.0 Å². The lowest BCUT2D eigenvalue weighted by molar-refractivity contribution is -0.138. The van der Waals surface area contributed by atoms with Crippen molar-refractivity contribution in [2.24, 2.45) is 0 Å². The molecule has 0 aliphatic rings. The van der Waals surface area contributed by atoms with Gasteiger partial charge < -0.3 is 10.1 Å². The summed E-state index contributed by atoms with van der Waals surface area (Å²) in [5.41, 5.74) is 1.08. The number of hydrogen-bond donors (Lipinski definition) is 1. The van der Waals surface area contributed by atoms with Gasteiger partial charge in [-0.2, -0.15) is 13.2 Å². The first-order valence-electron chi connectivity index (χ1n) is 5.72. The molecule has 1 N–H and O–H groups in total. The number of methoxy groups -OCH3 is 1. The van der Waals surface area contributed by atoms with Gasteiger partial charge in [-0.25, -0.2) is 4.79 Å². The van der Waals surface area contributed by atoms with Crippen LogP contribution in [0.3, 0.4) is 0 Å². The molecule has 0 radical (unpaired) electrons. The van der Waals surface area contributed by atoms with Crippen LogP contribution in [0.5, 0.6) is 0 Å². The first-order valence-corrected chi connectivity index (χ1v) is 6.53. The number of carbonyl (C=O) groups excluding carboxylic acids is 1. The van der Waals surface area contributed by atoms with Crippen LogP contribution in [0.2, 0.25) is 0 Å². The number of aromatic nitrogens is 2. The van der Waals surface area contributed by atoms with Crippen molar-refractivity contribution in [2.75, 3.05) is 12.4 Å². The smallest absolute Gasteiger partial charge is 0.445 e. The van der Waals surface area contributed by atoms with E-state index in [4.69, 9.17) is 0 Å². The zero-order valence-corrected chi connectivity index (χ0v) is 11.6. The summed E-state index contributed by atoms with van der Waals surface area (Å²) in [6, 6.07) is 6.56. The summed E-state index contributed by atoms with van der Waals surface area (Å²) >= 11 is 0.424. The van der Waals surface area contributed by atoms with Crippen LogP contribution >= 0.6 is 11.3 Å². The van der Waals surface area contributed by atoms with Crippen molar-refractivity contribution in [1.82, 2.24) is 10.2 Å². The minimum absolute atomic E-state index is 0.0609. The van der Waals surface area contributed by atoms with E-state index >= 15 is 0 Å². The van der Waals surface area contributed by atoms with Crippen molar-refractivity contribution in [3.05, 3.63) is 40.4 Å². The summed E-state index contributed by atoms with van der Waals surface area (Å²) in [6.07, 6.45) is -4.50. The van der Waals surface area contributed by atoms with Crippen molar-refractivity contribution in [3.8, 4) is 0 Å². The second kappa shape index (κ2) is 6.08. The molecule has 1 heterocycles. The van der Waals surface area contributed by atoms with Crippen LogP contribution < -0.4 is 5.32 Å².